The predicted octanol–water partition coefficient (Wildman–Crippen LogP) is 15.4. The summed E-state index contributed by atoms with van der Waals surface area (Å²) < 4.78 is 323. The van der Waals surface area contributed by atoms with E-state index in [4.69, 9.17) is 55.8 Å². The number of hydrogen-bond donors (Lipinski definition) is 0. The van der Waals surface area contributed by atoms with Crippen molar-refractivity contribution in [2.75, 3.05) is 7.11 Å². The first kappa shape index (κ1) is 95.3. The molecule has 0 radical (unpaired) electrons. The SMILES string of the molecule is C.C.C.C.COC(F)(F)c1nnc2ccc(-c3cnc(O[C@H](C)C(F)(F)F)c(F)c3)nn12.C[C@@H](Oc1ncc(-c2ccc3nnc(C(F)(F)Cl)n3n2)cc1F)C(F)(F)F.C[C@@H](Oc1ncc(B2OC(C)(C)C(C)(C)O2)cc1F)C(F)(F)F.FC(F)(Cl)c1nnc2ccc(Cl)nn12.O=[S-](=O)C(F)(F)F.[O]=[Ag]. The molecule has 9 aromatic heterocycles. The van der Waals surface area contributed by atoms with Gasteiger partial charge in [-0.15, -0.1) is 30.6 Å². The first-order valence-corrected chi connectivity index (χ1v) is 29.3. The van der Waals surface area contributed by atoms with Crippen LogP contribution in [0.25, 0.3) is 39.5 Å². The Labute approximate surface area is 608 Å². The van der Waals surface area contributed by atoms with E-state index in [-0.39, 0.29) is 79.8 Å². The summed E-state index contributed by atoms with van der Waals surface area (Å²) in [4.78, 5) is 10.6. The monoisotopic (exact) mass is 1710 g/mol. The van der Waals surface area contributed by atoms with Gasteiger partial charge < -0.3 is 36.7 Å². The number of hydrogen-bond acceptors (Lipinski definition) is 22. The van der Waals surface area contributed by atoms with E-state index in [0.29, 0.717) is 22.9 Å². The van der Waals surface area contributed by atoms with E-state index in [9.17, 15) is 92.2 Å². The van der Waals surface area contributed by atoms with Gasteiger partial charge >= 0.3 is 72.3 Å². The van der Waals surface area contributed by atoms with Crippen LogP contribution in [-0.4, -0.2) is 142 Å². The van der Waals surface area contributed by atoms with Crippen molar-refractivity contribution in [3.63, 3.8) is 0 Å². The van der Waals surface area contributed by atoms with Gasteiger partial charge in [0.15, 0.2) is 52.7 Å². The fourth-order valence-electron chi connectivity index (χ4n) is 6.92. The maximum absolute atomic E-state index is 14.1. The zero-order chi connectivity index (χ0) is 76.7. The van der Waals surface area contributed by atoms with Gasteiger partial charge in [-0.25, -0.2) is 28.1 Å². The Kier molecular flexibility index (Phi) is 33.4. The Morgan fingerprint density at radius 1 is 0.495 bits per heavy atom. The van der Waals surface area contributed by atoms with Crippen LogP contribution >= 0.6 is 34.8 Å². The summed E-state index contributed by atoms with van der Waals surface area (Å²) in [5.41, 5.74) is -5.98. The number of pyridine rings is 3. The van der Waals surface area contributed by atoms with Crippen LogP contribution < -0.4 is 19.7 Å². The molecular formula is C54H55AgBCl3F21N15O9S-. The topological polar surface area (TPSA) is 274 Å². The molecule has 0 bridgehead atoms. The number of alkyl halides is 20. The van der Waals surface area contributed by atoms with Crippen molar-refractivity contribution in [1.82, 2.24) is 74.4 Å². The van der Waals surface area contributed by atoms with Gasteiger partial charge in [-0.3, -0.25) is 0 Å². The molecule has 0 spiro atoms. The van der Waals surface area contributed by atoms with Gasteiger partial charge in [0.25, 0.3) is 23.5 Å². The molecule has 24 nitrogen and oxygen atoms in total. The van der Waals surface area contributed by atoms with Crippen LogP contribution in [0.15, 0.2) is 73.2 Å². The van der Waals surface area contributed by atoms with Gasteiger partial charge in [-0.2, -0.15) is 108 Å². The van der Waals surface area contributed by atoms with Crippen LogP contribution in [-0.2, 0) is 74.3 Å². The van der Waals surface area contributed by atoms with Crippen molar-refractivity contribution in [3.05, 3.63) is 113 Å². The zero-order valence-corrected chi connectivity index (χ0v) is 55.5. The van der Waals surface area contributed by atoms with Gasteiger partial charge in [0.1, 0.15) is 5.15 Å². The second kappa shape index (κ2) is 36.8. The Morgan fingerprint density at radius 2 is 0.800 bits per heavy atom. The first-order valence-electron chi connectivity index (χ1n) is 26.5. The van der Waals surface area contributed by atoms with Crippen LogP contribution in [0.1, 0.15) is 95.6 Å². The average Bonchev–Trinajstić information content (AvgIpc) is 1.67. The van der Waals surface area contributed by atoms with Crippen molar-refractivity contribution in [3.8, 4) is 40.2 Å². The van der Waals surface area contributed by atoms with Crippen molar-refractivity contribution in [2.24, 2.45) is 0 Å². The Balaban J connectivity index is 0.000000677. The fourth-order valence-corrected chi connectivity index (χ4v) is 7.29. The quantitative estimate of drug-likeness (QED) is 0.0449. The van der Waals surface area contributed by atoms with Gasteiger partial charge in [0.05, 0.1) is 22.6 Å². The molecule has 0 aliphatic carbocycles. The summed E-state index contributed by atoms with van der Waals surface area (Å²) in [7, 11) is -4.01. The Hall–Kier alpha value is -7.66. The number of methoxy groups -OCH3 is 1. The standard InChI is InChI=1S/C15H11F6N5O2.C14H18BF4NO3.C14H8ClF6N5O.C6H2Cl2F2N4.CF3O2S.4CH4.Ag.O/c1-7(14(17,18)19)28-12-9(16)5-8(6-22-12)10-3-4-11-23-24-13(26(11)25-10)15(20,21)27-2;1-8(14(17,18)19)21-11-10(16)6-9(7-20-11)15-22-12(2,3)13(4,5)23-15;1-6(14(19,20)21)27-11-8(16)4-7(5-22-11)9-2-3-10-23-24-12(13(15,17)18)26(10)25-9;7-3-1-2-4-11-12-5(6(8,9)10)14(4)13-3;2-1(3,4)7(5)6;;;;;;/h3-7H,1-2H3;6-8H,1-5H3;2-6H,1H3;1-2H;;4*1H4;;/q;;;;-1;;;;;;/t7-;8-;6-;;;;;;;;/m111......../s1. The number of ether oxygens (including phenoxy) is 4. The second-order valence-electron chi connectivity index (χ2n) is 20.4. The molecule has 10 heterocycles. The average molecular weight is 1710 g/mol. The summed E-state index contributed by atoms with van der Waals surface area (Å²) in [6.07, 6.45) is -21.3. The van der Waals surface area contributed by atoms with Crippen LogP contribution in [0.3, 0.4) is 0 Å². The molecule has 105 heavy (non-hydrogen) atoms. The summed E-state index contributed by atoms with van der Waals surface area (Å²) >= 11 is 16.9. The molecule has 0 amide bonds. The van der Waals surface area contributed by atoms with Gasteiger partial charge in [-0.05, 0) is 126 Å². The summed E-state index contributed by atoms with van der Waals surface area (Å²) in [5, 5.41) is 24.2. The molecule has 0 saturated carbocycles. The predicted molar refractivity (Wildman–Crippen MR) is 325 cm³/mol. The molecule has 1 fully saturated rings. The summed E-state index contributed by atoms with van der Waals surface area (Å²) in [5.74, 6) is -8.40. The van der Waals surface area contributed by atoms with E-state index in [1.165, 1.54) is 42.6 Å². The van der Waals surface area contributed by atoms with Gasteiger partial charge in [0.2, 0.25) is 11.6 Å². The number of aromatic nitrogens is 15. The number of rotatable bonds is 13. The molecule has 0 aromatic carbocycles. The molecule has 1 saturated heterocycles. The van der Waals surface area contributed by atoms with Gasteiger partial charge in [-0.1, -0.05) is 41.3 Å². The maximum atomic E-state index is 14.1. The van der Waals surface area contributed by atoms with Crippen LogP contribution in [0.5, 0.6) is 17.6 Å². The van der Waals surface area contributed by atoms with Crippen LogP contribution in [0, 0.1) is 17.5 Å². The minimum atomic E-state index is -5.08. The molecule has 1 aliphatic rings. The minimum absolute atomic E-state index is 0. The molecule has 9 aromatic rings. The van der Waals surface area contributed by atoms with Crippen molar-refractivity contribution in [1.29, 1.82) is 0 Å². The molecule has 10 rings (SSSR count). The van der Waals surface area contributed by atoms with Crippen molar-refractivity contribution < 1.29 is 153 Å². The van der Waals surface area contributed by atoms with E-state index in [2.05, 4.69) is 79.8 Å². The molecule has 589 valence electrons. The summed E-state index contributed by atoms with van der Waals surface area (Å²) in [6.45, 7) is 9.51. The van der Waals surface area contributed by atoms with Crippen LogP contribution in [0.4, 0.5) is 92.2 Å². The van der Waals surface area contributed by atoms with Crippen molar-refractivity contribution >= 4 is 75.0 Å². The molecule has 51 heteroatoms. The third-order valence-electron chi connectivity index (χ3n) is 12.8. The van der Waals surface area contributed by atoms with E-state index < -0.39 is 141 Å². The van der Waals surface area contributed by atoms with Crippen LogP contribution in [0.2, 0.25) is 5.15 Å². The molecule has 3 atom stereocenters. The third kappa shape index (κ3) is 25.0. The fraction of sp³-hybridized carbons (Fsp3) is 0.444. The van der Waals surface area contributed by atoms with E-state index in [1.54, 1.807) is 21.0 Å². The first-order chi connectivity index (χ1) is 46.2. The van der Waals surface area contributed by atoms with E-state index in [0.717, 1.165) is 49.1 Å². The molecule has 0 N–H and O–H groups in total. The normalized spacial score (nSPS) is 14.4. The number of nitrogens with zero attached hydrogens (tertiary/aromatic N) is 15. The van der Waals surface area contributed by atoms with E-state index >= 15 is 0 Å². The zero-order valence-electron chi connectivity index (χ0n) is 50.9. The summed E-state index contributed by atoms with van der Waals surface area (Å²) in [6, 6.07) is 10.7. The third-order valence-corrected chi connectivity index (χ3v) is 13.7. The Morgan fingerprint density at radius 3 is 1.10 bits per heavy atom. The molecule has 0 unspecified atom stereocenters. The Bertz CT molecular complexity index is 4400. The molecular weight excluding hydrogens is 1660 g/mol. The number of fused-ring (bicyclic) bond motifs is 3. The molecule has 1 aliphatic heterocycles. The van der Waals surface area contributed by atoms with Crippen molar-refractivity contribution in [2.45, 2.75) is 149 Å². The van der Waals surface area contributed by atoms with E-state index in [1.807, 2.05) is 27.7 Å². The number of halogens is 24. The second-order valence-corrected chi connectivity index (χ2v) is 22.7. The van der Waals surface area contributed by atoms with Gasteiger partial charge in [0, 0.05) is 53.0 Å².